The molecule has 2 heterocycles. The normalized spacial score (nSPS) is 31.9. The maximum Gasteiger partial charge on any atom is 0.230 e. The smallest absolute Gasteiger partial charge is 0.230 e. The fraction of sp³-hybridized carbons (Fsp3) is 0.571. The highest BCUT2D eigenvalue weighted by atomic mass is 16.2. The predicted octanol–water partition coefficient (Wildman–Crippen LogP) is 0.492. The molecule has 3 amide bonds. The van der Waals surface area contributed by atoms with Crippen LogP contribution in [0.4, 0.5) is 0 Å². The molecule has 2 saturated heterocycles. The molecule has 0 aromatic rings. The summed E-state index contributed by atoms with van der Waals surface area (Å²) in [6, 6.07) is 0. The lowest BCUT2D eigenvalue weighted by molar-refractivity contribution is -0.138. The number of nitrogens with zero attached hydrogens (tertiary/aromatic N) is 2. The van der Waals surface area contributed by atoms with Crippen LogP contribution in [-0.4, -0.2) is 42.6 Å². The zero-order valence-corrected chi connectivity index (χ0v) is 12.0. The lowest BCUT2D eigenvalue weighted by atomic mass is 9.76. The first kappa shape index (κ1) is 14.4. The SMILES string of the molecule is C/C=C1\C(=N/C)N(C)C(=O)CC1C1CCC(=O)NC1=O. The van der Waals surface area contributed by atoms with Crippen LogP contribution < -0.4 is 5.32 Å². The molecule has 1 N–H and O–H groups in total. The number of piperidine rings is 2. The summed E-state index contributed by atoms with van der Waals surface area (Å²) in [7, 11) is 3.32. The quantitative estimate of drug-likeness (QED) is 0.709. The van der Waals surface area contributed by atoms with E-state index in [0.29, 0.717) is 18.7 Å². The van der Waals surface area contributed by atoms with Crippen molar-refractivity contribution in [1.29, 1.82) is 0 Å². The van der Waals surface area contributed by atoms with Crippen molar-refractivity contribution in [2.45, 2.75) is 26.2 Å². The summed E-state index contributed by atoms with van der Waals surface area (Å²) in [5.74, 6) is -0.497. The Balaban J connectivity index is 2.33. The van der Waals surface area contributed by atoms with Crippen molar-refractivity contribution in [3.05, 3.63) is 11.6 Å². The second-order valence-electron chi connectivity index (χ2n) is 5.11. The van der Waals surface area contributed by atoms with Gasteiger partial charge in [-0.2, -0.15) is 0 Å². The highest BCUT2D eigenvalue weighted by Crippen LogP contribution is 2.35. The van der Waals surface area contributed by atoms with E-state index < -0.39 is 0 Å². The molecule has 6 nitrogen and oxygen atoms in total. The van der Waals surface area contributed by atoms with Gasteiger partial charge >= 0.3 is 0 Å². The van der Waals surface area contributed by atoms with Crippen LogP contribution in [0.3, 0.4) is 0 Å². The minimum Gasteiger partial charge on any atom is -0.300 e. The minimum atomic E-state index is -0.340. The van der Waals surface area contributed by atoms with E-state index in [-0.39, 0.29) is 36.0 Å². The average Bonchev–Trinajstić information content (AvgIpc) is 2.41. The molecule has 2 rings (SSSR count). The van der Waals surface area contributed by atoms with Crippen LogP contribution in [0.1, 0.15) is 26.2 Å². The number of rotatable bonds is 1. The van der Waals surface area contributed by atoms with Crippen molar-refractivity contribution in [3.63, 3.8) is 0 Å². The molecule has 2 atom stereocenters. The van der Waals surface area contributed by atoms with E-state index >= 15 is 0 Å². The first-order valence-corrected chi connectivity index (χ1v) is 6.73. The molecule has 20 heavy (non-hydrogen) atoms. The third-order valence-electron chi connectivity index (χ3n) is 4.03. The summed E-state index contributed by atoms with van der Waals surface area (Å²) in [6.45, 7) is 1.88. The zero-order valence-electron chi connectivity index (χ0n) is 12.0. The van der Waals surface area contributed by atoms with Crippen LogP contribution in [-0.2, 0) is 14.4 Å². The molecule has 0 saturated carbocycles. The van der Waals surface area contributed by atoms with Crippen molar-refractivity contribution in [1.82, 2.24) is 10.2 Å². The fourth-order valence-electron chi connectivity index (χ4n) is 2.99. The van der Waals surface area contributed by atoms with Crippen molar-refractivity contribution in [2.24, 2.45) is 16.8 Å². The monoisotopic (exact) mass is 277 g/mol. The first-order valence-electron chi connectivity index (χ1n) is 6.73. The van der Waals surface area contributed by atoms with Crippen molar-refractivity contribution >= 4 is 23.6 Å². The van der Waals surface area contributed by atoms with Gasteiger partial charge in [-0.05, 0) is 18.9 Å². The standard InChI is InChI=1S/C14H19N3O3/c1-4-8-10(7-12(19)17(3)13(8)15-2)9-5-6-11(18)16-14(9)20/h4,9-10H,5-7H2,1-3H3,(H,16,18,20)/b8-4-,15-13+. The summed E-state index contributed by atoms with van der Waals surface area (Å²) in [5.41, 5.74) is 0.907. The number of likely N-dealkylation sites (tertiary alicyclic amines) is 1. The Kier molecular flexibility index (Phi) is 4.01. The van der Waals surface area contributed by atoms with Gasteiger partial charge in [0.2, 0.25) is 17.7 Å². The molecule has 2 unspecified atom stereocenters. The van der Waals surface area contributed by atoms with Gasteiger partial charge in [0, 0.05) is 38.8 Å². The zero-order chi connectivity index (χ0) is 14.9. The Morgan fingerprint density at radius 3 is 2.55 bits per heavy atom. The van der Waals surface area contributed by atoms with Gasteiger partial charge < -0.3 is 4.90 Å². The van der Waals surface area contributed by atoms with Crippen LogP contribution in [0, 0.1) is 11.8 Å². The molecule has 6 heteroatoms. The van der Waals surface area contributed by atoms with E-state index in [2.05, 4.69) is 10.3 Å². The van der Waals surface area contributed by atoms with Crippen molar-refractivity contribution in [2.75, 3.05) is 14.1 Å². The van der Waals surface area contributed by atoms with E-state index in [1.165, 1.54) is 4.90 Å². The van der Waals surface area contributed by atoms with Gasteiger partial charge in [-0.15, -0.1) is 0 Å². The molecule has 0 aromatic heterocycles. The third-order valence-corrected chi connectivity index (χ3v) is 4.03. The molecule has 0 aromatic carbocycles. The Bertz CT molecular complexity index is 522. The van der Waals surface area contributed by atoms with E-state index in [9.17, 15) is 14.4 Å². The predicted molar refractivity (Wildman–Crippen MR) is 73.9 cm³/mol. The molecular weight excluding hydrogens is 258 g/mol. The summed E-state index contributed by atoms with van der Waals surface area (Å²) >= 11 is 0. The average molecular weight is 277 g/mol. The Morgan fingerprint density at radius 1 is 1.30 bits per heavy atom. The number of amidine groups is 1. The summed E-state index contributed by atoms with van der Waals surface area (Å²) in [6.07, 6.45) is 2.99. The minimum absolute atomic E-state index is 0.0501. The second kappa shape index (κ2) is 5.56. The van der Waals surface area contributed by atoms with E-state index in [1.807, 2.05) is 13.0 Å². The second-order valence-corrected chi connectivity index (χ2v) is 5.11. The van der Waals surface area contributed by atoms with E-state index in [4.69, 9.17) is 0 Å². The van der Waals surface area contributed by atoms with Crippen LogP contribution in [0.5, 0.6) is 0 Å². The Hall–Kier alpha value is -1.98. The van der Waals surface area contributed by atoms with Crippen LogP contribution >= 0.6 is 0 Å². The number of imide groups is 1. The molecule has 2 aliphatic rings. The van der Waals surface area contributed by atoms with Crippen LogP contribution in [0.15, 0.2) is 16.6 Å². The number of amides is 3. The highest BCUT2D eigenvalue weighted by molar-refractivity contribution is 6.11. The number of allylic oxidation sites excluding steroid dienone is 1. The number of aliphatic imine (C=N–C) groups is 1. The number of hydrogen-bond donors (Lipinski definition) is 1. The van der Waals surface area contributed by atoms with Gasteiger partial charge in [-0.3, -0.25) is 24.7 Å². The number of carbonyl (C=O) groups is 3. The lowest BCUT2D eigenvalue weighted by Crippen LogP contribution is -2.50. The van der Waals surface area contributed by atoms with Gasteiger partial charge in [-0.1, -0.05) is 6.08 Å². The fourth-order valence-corrected chi connectivity index (χ4v) is 2.99. The molecule has 0 radical (unpaired) electrons. The molecule has 0 spiro atoms. The molecule has 0 bridgehead atoms. The van der Waals surface area contributed by atoms with Gasteiger partial charge in [0.25, 0.3) is 0 Å². The lowest BCUT2D eigenvalue weighted by Gasteiger charge is -2.37. The van der Waals surface area contributed by atoms with Gasteiger partial charge in [-0.25, -0.2) is 0 Å². The van der Waals surface area contributed by atoms with E-state index in [1.54, 1.807) is 14.1 Å². The number of carbonyl (C=O) groups excluding carboxylic acids is 3. The van der Waals surface area contributed by atoms with E-state index in [0.717, 1.165) is 5.57 Å². The maximum absolute atomic E-state index is 12.1. The largest absolute Gasteiger partial charge is 0.300 e. The van der Waals surface area contributed by atoms with Crippen molar-refractivity contribution < 1.29 is 14.4 Å². The Labute approximate surface area is 117 Å². The van der Waals surface area contributed by atoms with Gasteiger partial charge in [0.05, 0.1) is 0 Å². The highest BCUT2D eigenvalue weighted by Gasteiger charge is 2.41. The summed E-state index contributed by atoms with van der Waals surface area (Å²) < 4.78 is 0. The van der Waals surface area contributed by atoms with Gasteiger partial charge in [0.15, 0.2) is 0 Å². The maximum atomic E-state index is 12.1. The molecule has 0 aliphatic carbocycles. The number of nitrogens with one attached hydrogen (secondary N) is 1. The summed E-state index contributed by atoms with van der Waals surface area (Å²) in [4.78, 5) is 41.0. The molecule has 2 fully saturated rings. The third kappa shape index (κ3) is 2.37. The number of likely N-dealkylation sites (N-methyl/N-ethyl adjacent to an activating group) is 1. The van der Waals surface area contributed by atoms with Crippen LogP contribution in [0.25, 0.3) is 0 Å². The summed E-state index contributed by atoms with van der Waals surface area (Å²) in [5, 5.41) is 2.36. The van der Waals surface area contributed by atoms with Crippen LogP contribution in [0.2, 0.25) is 0 Å². The topological polar surface area (TPSA) is 78.8 Å². The van der Waals surface area contributed by atoms with Crippen molar-refractivity contribution in [3.8, 4) is 0 Å². The molecule has 2 aliphatic heterocycles. The number of hydrogen-bond acceptors (Lipinski definition) is 4. The molecular formula is C14H19N3O3. The van der Waals surface area contributed by atoms with Gasteiger partial charge in [0.1, 0.15) is 5.84 Å². The first-order chi connectivity index (χ1) is 9.49. The molecule has 108 valence electrons. The Morgan fingerprint density at radius 2 is 2.00 bits per heavy atom.